The Kier molecular flexibility index (Phi) is 5.03. The van der Waals surface area contributed by atoms with Gasteiger partial charge in [0.2, 0.25) is 5.91 Å². The molecule has 0 bridgehead atoms. The predicted molar refractivity (Wildman–Crippen MR) is 92.0 cm³/mol. The molecule has 0 saturated carbocycles. The molecule has 3 rings (SSSR count). The van der Waals surface area contributed by atoms with Crippen molar-refractivity contribution in [2.45, 2.75) is 25.8 Å². The van der Waals surface area contributed by atoms with Crippen LogP contribution in [0.25, 0.3) is 11.1 Å². The molecule has 23 heavy (non-hydrogen) atoms. The van der Waals surface area contributed by atoms with Crippen LogP contribution in [0, 0.1) is 0 Å². The Morgan fingerprint density at radius 2 is 2.13 bits per heavy atom. The Balaban J connectivity index is 1.74. The fourth-order valence-corrected chi connectivity index (χ4v) is 3.09. The summed E-state index contributed by atoms with van der Waals surface area (Å²) in [5, 5.41) is 3.36. The highest BCUT2D eigenvalue weighted by molar-refractivity contribution is 5.83. The zero-order valence-electron chi connectivity index (χ0n) is 13.5. The molecule has 4 nitrogen and oxygen atoms in total. The number of rotatable bonds is 5. The third-order valence-electron chi connectivity index (χ3n) is 4.24. The third-order valence-corrected chi connectivity index (χ3v) is 4.24. The SMILES string of the molecule is CCCN1CCNC(Cc2cccc(-c3cccnc3)c2)C1=O. The highest BCUT2D eigenvalue weighted by atomic mass is 16.2. The van der Waals surface area contributed by atoms with Gasteiger partial charge in [0, 0.05) is 32.0 Å². The number of hydrogen-bond acceptors (Lipinski definition) is 3. The Morgan fingerprint density at radius 3 is 2.91 bits per heavy atom. The average molecular weight is 309 g/mol. The molecule has 1 aliphatic heterocycles. The highest BCUT2D eigenvalue weighted by Crippen LogP contribution is 2.20. The van der Waals surface area contributed by atoms with Gasteiger partial charge in [0.1, 0.15) is 0 Å². The molecule has 1 unspecified atom stereocenters. The van der Waals surface area contributed by atoms with Crippen LogP contribution in [0.3, 0.4) is 0 Å². The topological polar surface area (TPSA) is 45.2 Å². The van der Waals surface area contributed by atoms with Crippen LogP contribution in [-0.2, 0) is 11.2 Å². The number of hydrogen-bond donors (Lipinski definition) is 1. The number of piperazine rings is 1. The van der Waals surface area contributed by atoms with Gasteiger partial charge in [-0.2, -0.15) is 0 Å². The van der Waals surface area contributed by atoms with Crippen molar-refractivity contribution >= 4 is 5.91 Å². The van der Waals surface area contributed by atoms with E-state index >= 15 is 0 Å². The lowest BCUT2D eigenvalue weighted by Crippen LogP contribution is -2.55. The maximum absolute atomic E-state index is 12.5. The zero-order valence-corrected chi connectivity index (χ0v) is 13.5. The number of amides is 1. The van der Waals surface area contributed by atoms with E-state index in [0.717, 1.165) is 43.6 Å². The maximum Gasteiger partial charge on any atom is 0.240 e. The predicted octanol–water partition coefficient (Wildman–Crippen LogP) is 2.50. The standard InChI is InChI=1S/C19H23N3O/c1-2-10-22-11-9-21-18(19(22)23)13-15-5-3-6-16(12-15)17-7-4-8-20-14-17/h3-8,12,14,18,21H,2,9-11,13H2,1H3. The van der Waals surface area contributed by atoms with Crippen LogP contribution in [0.1, 0.15) is 18.9 Å². The summed E-state index contributed by atoms with van der Waals surface area (Å²) in [6.07, 6.45) is 5.38. The normalized spacial score (nSPS) is 18.2. The molecule has 120 valence electrons. The fourth-order valence-electron chi connectivity index (χ4n) is 3.09. The van der Waals surface area contributed by atoms with Crippen molar-refractivity contribution in [1.29, 1.82) is 0 Å². The first-order valence-corrected chi connectivity index (χ1v) is 8.29. The summed E-state index contributed by atoms with van der Waals surface area (Å²) in [6.45, 7) is 4.66. The van der Waals surface area contributed by atoms with Crippen molar-refractivity contribution in [3.8, 4) is 11.1 Å². The van der Waals surface area contributed by atoms with Gasteiger partial charge in [-0.25, -0.2) is 0 Å². The Morgan fingerprint density at radius 1 is 1.26 bits per heavy atom. The summed E-state index contributed by atoms with van der Waals surface area (Å²) in [6, 6.07) is 12.3. The minimum atomic E-state index is -0.112. The second-order valence-electron chi connectivity index (χ2n) is 5.98. The summed E-state index contributed by atoms with van der Waals surface area (Å²) in [5.74, 6) is 0.227. The minimum absolute atomic E-state index is 0.112. The Bertz CT molecular complexity index is 655. The molecule has 1 aromatic carbocycles. The summed E-state index contributed by atoms with van der Waals surface area (Å²) >= 11 is 0. The van der Waals surface area contributed by atoms with Crippen molar-refractivity contribution in [3.05, 3.63) is 54.4 Å². The summed E-state index contributed by atoms with van der Waals surface area (Å²) in [5.41, 5.74) is 3.42. The highest BCUT2D eigenvalue weighted by Gasteiger charge is 2.27. The fraction of sp³-hybridized carbons (Fsp3) is 0.368. The average Bonchev–Trinajstić information content (AvgIpc) is 2.60. The van der Waals surface area contributed by atoms with E-state index in [0.29, 0.717) is 0 Å². The molecular formula is C19H23N3O. The Hall–Kier alpha value is -2.20. The molecule has 1 N–H and O–H groups in total. The number of aromatic nitrogens is 1. The molecule has 0 radical (unpaired) electrons. The zero-order chi connectivity index (χ0) is 16.1. The first-order valence-electron chi connectivity index (χ1n) is 8.29. The van der Waals surface area contributed by atoms with Crippen LogP contribution < -0.4 is 5.32 Å². The molecule has 2 heterocycles. The lowest BCUT2D eigenvalue weighted by molar-refractivity contribution is -0.135. The van der Waals surface area contributed by atoms with Crippen LogP contribution in [-0.4, -0.2) is 41.5 Å². The second-order valence-corrected chi connectivity index (χ2v) is 5.98. The van der Waals surface area contributed by atoms with Crippen molar-refractivity contribution in [2.75, 3.05) is 19.6 Å². The summed E-state index contributed by atoms with van der Waals surface area (Å²) in [4.78, 5) is 18.7. The number of pyridine rings is 1. The van der Waals surface area contributed by atoms with Gasteiger partial charge in [-0.1, -0.05) is 37.3 Å². The lowest BCUT2D eigenvalue weighted by Gasteiger charge is -2.33. The molecule has 2 aromatic rings. The first kappa shape index (κ1) is 15.7. The molecule has 1 amide bonds. The van der Waals surface area contributed by atoms with E-state index in [-0.39, 0.29) is 11.9 Å². The summed E-state index contributed by atoms with van der Waals surface area (Å²) in [7, 11) is 0. The van der Waals surface area contributed by atoms with Gasteiger partial charge >= 0.3 is 0 Å². The van der Waals surface area contributed by atoms with Gasteiger partial charge in [0.25, 0.3) is 0 Å². The number of benzene rings is 1. The quantitative estimate of drug-likeness (QED) is 0.923. The maximum atomic E-state index is 12.5. The molecule has 1 fully saturated rings. The smallest absolute Gasteiger partial charge is 0.240 e. The van der Waals surface area contributed by atoms with E-state index in [1.807, 2.05) is 17.2 Å². The van der Waals surface area contributed by atoms with Crippen molar-refractivity contribution in [3.63, 3.8) is 0 Å². The largest absolute Gasteiger partial charge is 0.340 e. The van der Waals surface area contributed by atoms with E-state index in [1.54, 1.807) is 6.20 Å². The van der Waals surface area contributed by atoms with Gasteiger partial charge in [-0.3, -0.25) is 9.78 Å². The van der Waals surface area contributed by atoms with Gasteiger partial charge in [-0.15, -0.1) is 0 Å². The number of nitrogens with zero attached hydrogens (tertiary/aromatic N) is 2. The summed E-state index contributed by atoms with van der Waals surface area (Å²) < 4.78 is 0. The molecule has 0 aliphatic carbocycles. The first-order chi connectivity index (χ1) is 11.3. The van der Waals surface area contributed by atoms with E-state index in [4.69, 9.17) is 0 Å². The van der Waals surface area contributed by atoms with Crippen molar-refractivity contribution in [2.24, 2.45) is 0 Å². The molecule has 0 spiro atoms. The number of nitrogens with one attached hydrogen (secondary N) is 1. The van der Waals surface area contributed by atoms with Gasteiger partial charge in [0.05, 0.1) is 6.04 Å². The monoisotopic (exact) mass is 309 g/mol. The molecule has 1 atom stereocenters. The second kappa shape index (κ2) is 7.38. The van der Waals surface area contributed by atoms with Gasteiger partial charge in [-0.05, 0) is 35.6 Å². The van der Waals surface area contributed by atoms with Crippen LogP contribution in [0.2, 0.25) is 0 Å². The van der Waals surface area contributed by atoms with Crippen LogP contribution in [0.4, 0.5) is 0 Å². The molecule has 1 aromatic heterocycles. The third kappa shape index (κ3) is 3.77. The van der Waals surface area contributed by atoms with Crippen molar-refractivity contribution < 1.29 is 4.79 Å². The molecular weight excluding hydrogens is 286 g/mol. The van der Waals surface area contributed by atoms with Gasteiger partial charge < -0.3 is 10.2 Å². The molecule has 4 heteroatoms. The van der Waals surface area contributed by atoms with Crippen LogP contribution >= 0.6 is 0 Å². The van der Waals surface area contributed by atoms with E-state index in [2.05, 4.69) is 47.6 Å². The Labute approximate surface area is 137 Å². The van der Waals surface area contributed by atoms with Crippen LogP contribution in [0.15, 0.2) is 48.8 Å². The van der Waals surface area contributed by atoms with Crippen molar-refractivity contribution in [1.82, 2.24) is 15.2 Å². The lowest BCUT2D eigenvalue weighted by atomic mass is 9.99. The van der Waals surface area contributed by atoms with Gasteiger partial charge in [0.15, 0.2) is 0 Å². The minimum Gasteiger partial charge on any atom is -0.340 e. The molecule has 1 saturated heterocycles. The number of carbonyl (C=O) groups excluding carboxylic acids is 1. The van der Waals surface area contributed by atoms with E-state index in [1.165, 1.54) is 5.56 Å². The van der Waals surface area contributed by atoms with E-state index < -0.39 is 0 Å². The van der Waals surface area contributed by atoms with Crippen LogP contribution in [0.5, 0.6) is 0 Å². The number of carbonyl (C=O) groups is 1. The van der Waals surface area contributed by atoms with E-state index in [9.17, 15) is 4.79 Å². The molecule has 1 aliphatic rings.